The predicted octanol–water partition coefficient (Wildman–Crippen LogP) is 17.1. The SMILES string of the molecule is CCCCCC1CC1CC1CC1CCCCCCCC(=O)OCC(COC(=O)CCCCCCCC1CC1CC1CC1CCCCC)(COC(=O)CCCCCCCC1CC1CC1CC1CCCCC)COC(=O)CCN1CC(O)C1. The van der Waals surface area contributed by atoms with Crippen molar-refractivity contribution in [3.8, 4) is 0 Å². The average Bonchev–Trinajstić information content (AvgIpc) is 4.40. The lowest BCUT2D eigenvalue weighted by Crippen LogP contribution is -2.51. The van der Waals surface area contributed by atoms with Crippen molar-refractivity contribution < 1.29 is 43.2 Å². The van der Waals surface area contributed by atoms with Crippen molar-refractivity contribution in [1.82, 2.24) is 4.90 Å². The molecule has 7 rings (SSSR count). The van der Waals surface area contributed by atoms with Crippen LogP contribution in [0.1, 0.15) is 297 Å². The smallest absolute Gasteiger partial charge is 0.307 e. The van der Waals surface area contributed by atoms with Crippen molar-refractivity contribution in [2.24, 2.45) is 76.4 Å². The Kier molecular flexibility index (Phi) is 30.1. The highest BCUT2D eigenvalue weighted by molar-refractivity contribution is 5.71. The highest BCUT2D eigenvalue weighted by atomic mass is 16.6. The molecule has 0 aromatic rings. The van der Waals surface area contributed by atoms with Gasteiger partial charge in [0.05, 0.1) is 12.5 Å². The lowest BCUT2D eigenvalue weighted by atomic mass is 9.92. The van der Waals surface area contributed by atoms with Gasteiger partial charge in [-0.2, -0.15) is 0 Å². The van der Waals surface area contributed by atoms with Crippen LogP contribution in [0.15, 0.2) is 0 Å². The summed E-state index contributed by atoms with van der Waals surface area (Å²) in [7, 11) is 0. The summed E-state index contributed by atoms with van der Waals surface area (Å²) in [5, 5.41) is 9.77. The van der Waals surface area contributed by atoms with E-state index in [1.54, 1.807) is 0 Å². The largest absolute Gasteiger partial charge is 0.465 e. The monoisotopic (exact) mass is 1130 g/mol. The van der Waals surface area contributed by atoms with Crippen LogP contribution in [0.2, 0.25) is 0 Å². The minimum Gasteiger partial charge on any atom is -0.465 e. The quantitative estimate of drug-likeness (QED) is 0.0357. The number of carbonyl (C=O) groups excluding carboxylic acids is 4. The highest BCUT2D eigenvalue weighted by Gasteiger charge is 2.47. The number of aliphatic hydroxyl groups excluding tert-OH is 1. The third-order valence-corrected chi connectivity index (χ3v) is 21.4. The van der Waals surface area contributed by atoms with Crippen molar-refractivity contribution >= 4 is 23.9 Å². The first-order valence-electron chi connectivity index (χ1n) is 35.6. The zero-order valence-electron chi connectivity index (χ0n) is 52.5. The molecule has 10 heteroatoms. The van der Waals surface area contributed by atoms with Gasteiger partial charge in [0.1, 0.15) is 31.8 Å². The van der Waals surface area contributed by atoms with Gasteiger partial charge in [-0.3, -0.25) is 24.1 Å². The summed E-state index contributed by atoms with van der Waals surface area (Å²) in [4.78, 5) is 55.4. The molecule has 1 saturated heterocycles. The number of hydrogen-bond donors (Lipinski definition) is 1. The molecule has 12 atom stereocenters. The fourth-order valence-electron chi connectivity index (χ4n) is 14.9. The summed E-state index contributed by atoms with van der Waals surface area (Å²) < 4.78 is 23.8. The van der Waals surface area contributed by atoms with E-state index >= 15 is 0 Å². The van der Waals surface area contributed by atoms with Crippen molar-refractivity contribution in [1.29, 1.82) is 0 Å². The summed E-state index contributed by atoms with van der Waals surface area (Å²) in [5.74, 6) is 10.4. The van der Waals surface area contributed by atoms with Crippen molar-refractivity contribution in [3.05, 3.63) is 0 Å². The third kappa shape index (κ3) is 27.4. The molecule has 7 aliphatic rings. The van der Waals surface area contributed by atoms with Gasteiger partial charge in [0.25, 0.3) is 0 Å². The van der Waals surface area contributed by atoms with E-state index in [0.29, 0.717) is 19.6 Å². The molecule has 0 aromatic heterocycles. The van der Waals surface area contributed by atoms with E-state index in [1.807, 2.05) is 4.90 Å². The van der Waals surface area contributed by atoms with Crippen molar-refractivity contribution in [2.45, 2.75) is 303 Å². The molecular formula is C71H123NO9. The molecule has 0 amide bonds. The number of likely N-dealkylation sites (tertiary alicyclic amines) is 1. The zero-order chi connectivity index (χ0) is 57.1. The summed E-state index contributed by atoms with van der Waals surface area (Å²) in [6, 6.07) is 0. The number of rotatable bonds is 53. The van der Waals surface area contributed by atoms with Gasteiger partial charge in [0.15, 0.2) is 0 Å². The molecule has 7 fully saturated rings. The lowest BCUT2D eigenvalue weighted by Gasteiger charge is -2.35. The number of hydrogen-bond acceptors (Lipinski definition) is 10. The van der Waals surface area contributed by atoms with Crippen LogP contribution in [0.3, 0.4) is 0 Å². The Morgan fingerprint density at radius 3 is 0.864 bits per heavy atom. The number of unbranched alkanes of at least 4 members (excludes halogenated alkanes) is 18. The number of β-amino-alcohol motifs (C(OH)–C–C–N with tert-alkyl or cyclic N) is 1. The van der Waals surface area contributed by atoms with Crippen LogP contribution in [0, 0.1) is 76.4 Å². The number of esters is 4. The van der Waals surface area contributed by atoms with Gasteiger partial charge in [-0.1, -0.05) is 194 Å². The second-order valence-corrected chi connectivity index (χ2v) is 29.0. The van der Waals surface area contributed by atoms with Crippen LogP contribution in [0.5, 0.6) is 0 Å². The molecule has 6 saturated carbocycles. The second-order valence-electron chi connectivity index (χ2n) is 29.0. The number of ether oxygens (including phenoxy) is 4. The van der Waals surface area contributed by atoms with E-state index in [-0.39, 0.29) is 76.1 Å². The topological polar surface area (TPSA) is 129 Å². The number of nitrogens with zero attached hydrogens (tertiary/aromatic N) is 1. The van der Waals surface area contributed by atoms with E-state index in [1.165, 1.54) is 193 Å². The van der Waals surface area contributed by atoms with Gasteiger partial charge in [-0.15, -0.1) is 0 Å². The van der Waals surface area contributed by atoms with E-state index in [9.17, 15) is 24.3 Å². The number of carbonyl (C=O) groups is 4. The van der Waals surface area contributed by atoms with Gasteiger partial charge in [0.2, 0.25) is 0 Å². The lowest BCUT2D eigenvalue weighted by molar-refractivity contribution is -0.171. The van der Waals surface area contributed by atoms with Crippen molar-refractivity contribution in [3.63, 3.8) is 0 Å². The maximum atomic E-state index is 13.4. The fraction of sp³-hybridized carbons (Fsp3) is 0.944. The predicted molar refractivity (Wildman–Crippen MR) is 326 cm³/mol. The molecule has 1 N–H and O–H groups in total. The van der Waals surface area contributed by atoms with E-state index < -0.39 is 11.4 Å². The first kappa shape index (κ1) is 66.3. The Morgan fingerprint density at radius 1 is 0.346 bits per heavy atom. The minimum absolute atomic E-state index is 0.131. The van der Waals surface area contributed by atoms with Crippen LogP contribution in [0.4, 0.5) is 0 Å². The van der Waals surface area contributed by atoms with Gasteiger partial charge in [-0.05, 0) is 148 Å². The molecule has 0 radical (unpaired) electrons. The molecule has 81 heavy (non-hydrogen) atoms. The van der Waals surface area contributed by atoms with E-state index in [0.717, 1.165) is 129 Å². The van der Waals surface area contributed by atoms with Crippen LogP contribution in [0.25, 0.3) is 0 Å². The summed E-state index contributed by atoms with van der Waals surface area (Å²) in [6.45, 7) is 7.63. The molecular weight excluding hydrogens is 1010 g/mol. The summed E-state index contributed by atoms with van der Waals surface area (Å²) in [6.07, 6.45) is 50.5. The highest BCUT2D eigenvalue weighted by Crippen LogP contribution is 2.57. The Hall–Kier alpha value is -2.20. The maximum absolute atomic E-state index is 13.4. The van der Waals surface area contributed by atoms with Gasteiger partial charge in [-0.25, -0.2) is 0 Å². The standard InChI is InChI=1S/C71H123NO9/c1-4-7-19-28-54-39-60(54)45-63-42-57(63)31-22-13-10-16-25-34-67(74)78-50-71(53-81-70(77)37-38-72-48-66(73)49-72,51-79-68(75)35-26-17-11-14-23-32-58-43-64(58)46-61-40-55(61)29-20-8-5-2)52-80-69(76)36-27-18-12-15-24-33-59-44-65(59)47-62-41-56(62)30-21-9-6-3/h54-66,73H,4-53H2,1-3H3. The molecule has 12 unspecified atom stereocenters. The Morgan fingerprint density at radius 2 is 0.593 bits per heavy atom. The first-order valence-corrected chi connectivity index (χ1v) is 35.6. The molecule has 1 aliphatic heterocycles. The fourth-order valence-corrected chi connectivity index (χ4v) is 14.9. The molecule has 6 aliphatic carbocycles. The molecule has 1 heterocycles. The molecule has 466 valence electrons. The number of aliphatic hydroxyl groups is 1. The summed E-state index contributed by atoms with van der Waals surface area (Å²) in [5.41, 5.74) is -1.24. The molecule has 0 spiro atoms. The maximum Gasteiger partial charge on any atom is 0.307 e. The van der Waals surface area contributed by atoms with Crippen LogP contribution in [-0.2, 0) is 38.1 Å². The van der Waals surface area contributed by atoms with Gasteiger partial charge >= 0.3 is 23.9 Å². The molecule has 0 bridgehead atoms. The van der Waals surface area contributed by atoms with Crippen molar-refractivity contribution in [2.75, 3.05) is 46.1 Å². The van der Waals surface area contributed by atoms with Gasteiger partial charge < -0.3 is 24.1 Å². The minimum atomic E-state index is -1.24. The summed E-state index contributed by atoms with van der Waals surface area (Å²) >= 11 is 0. The second kappa shape index (κ2) is 36.7. The zero-order valence-corrected chi connectivity index (χ0v) is 52.5. The molecule has 0 aromatic carbocycles. The van der Waals surface area contributed by atoms with Crippen LogP contribution >= 0.6 is 0 Å². The third-order valence-electron chi connectivity index (χ3n) is 21.4. The normalized spacial score (nSPS) is 28.6. The average molecular weight is 1130 g/mol. The van der Waals surface area contributed by atoms with Crippen LogP contribution < -0.4 is 0 Å². The first-order chi connectivity index (χ1) is 39.5. The van der Waals surface area contributed by atoms with E-state index in [2.05, 4.69) is 20.8 Å². The van der Waals surface area contributed by atoms with Gasteiger partial charge in [0, 0.05) is 38.9 Å². The molecule has 10 nitrogen and oxygen atoms in total. The van der Waals surface area contributed by atoms with E-state index in [4.69, 9.17) is 18.9 Å². The Labute approximate surface area is 495 Å². The Bertz CT molecular complexity index is 1610. The van der Waals surface area contributed by atoms with Crippen LogP contribution in [-0.4, -0.2) is 86.0 Å². The Balaban J connectivity index is 0.801.